The Labute approximate surface area is 313 Å². The van der Waals surface area contributed by atoms with E-state index in [0.29, 0.717) is 47.9 Å². The van der Waals surface area contributed by atoms with Crippen molar-refractivity contribution >= 4 is 91.8 Å². The largest absolute Gasteiger partial charge is 0.493 e. The van der Waals surface area contributed by atoms with Crippen LogP contribution in [0.5, 0.6) is 17.2 Å². The van der Waals surface area contributed by atoms with Crippen molar-refractivity contribution in [2.24, 2.45) is 4.99 Å². The van der Waals surface area contributed by atoms with E-state index in [1.165, 1.54) is 11.3 Å². The standard InChI is InChI=1S/C34H30Cl2I2N2O6S/c1-6-44-33(42)29-18(4)39-34-40(30(29)20-8-10-26(46-17(2)3)27(14-20)43-5)32(41)28(47-34)13-19-11-24(37)31(25(38)12-19)45-16-21-7-9-22(35)15-23(21)36/h7-15,17,30H,6,16H2,1-5H3/b28-13-/t30-/m0/s1. The number of nitrogens with zero attached hydrogens (tertiary/aromatic N) is 2. The van der Waals surface area contributed by atoms with Gasteiger partial charge in [-0.25, -0.2) is 9.79 Å². The van der Waals surface area contributed by atoms with Crippen LogP contribution in [0.25, 0.3) is 6.08 Å². The highest BCUT2D eigenvalue weighted by Gasteiger charge is 2.34. The van der Waals surface area contributed by atoms with Gasteiger partial charge < -0.3 is 18.9 Å². The highest BCUT2D eigenvalue weighted by molar-refractivity contribution is 14.1. The first-order valence-corrected chi connectivity index (χ1v) is 18.2. The molecule has 0 N–H and O–H groups in total. The zero-order valence-corrected chi connectivity index (χ0v) is 32.7. The number of aromatic nitrogens is 1. The average Bonchev–Trinajstić information content (AvgIpc) is 3.30. The Hall–Kier alpha value is -2.59. The number of hydrogen-bond acceptors (Lipinski definition) is 8. The van der Waals surface area contributed by atoms with Crippen molar-refractivity contribution in [3.8, 4) is 17.2 Å². The van der Waals surface area contributed by atoms with Gasteiger partial charge >= 0.3 is 5.97 Å². The molecule has 1 aliphatic heterocycles. The number of esters is 1. The number of fused-ring (bicyclic) bond motifs is 1. The molecule has 1 aromatic heterocycles. The van der Waals surface area contributed by atoms with Gasteiger partial charge in [0, 0.05) is 15.6 Å². The van der Waals surface area contributed by atoms with Crippen molar-refractivity contribution < 1.29 is 23.7 Å². The molecule has 0 saturated heterocycles. The topological polar surface area (TPSA) is 88.4 Å². The van der Waals surface area contributed by atoms with E-state index < -0.39 is 12.0 Å². The molecular formula is C34H30Cl2I2N2O6S. The summed E-state index contributed by atoms with van der Waals surface area (Å²) >= 11 is 18.1. The van der Waals surface area contributed by atoms with E-state index in [-0.39, 0.29) is 30.5 Å². The van der Waals surface area contributed by atoms with E-state index in [2.05, 4.69) is 50.2 Å². The predicted molar refractivity (Wildman–Crippen MR) is 202 cm³/mol. The Morgan fingerprint density at radius 2 is 1.81 bits per heavy atom. The van der Waals surface area contributed by atoms with Crippen LogP contribution in [0.15, 0.2) is 69.6 Å². The van der Waals surface area contributed by atoms with Crippen molar-refractivity contribution in [3.05, 3.63) is 113 Å². The van der Waals surface area contributed by atoms with Gasteiger partial charge in [-0.3, -0.25) is 9.36 Å². The molecule has 0 amide bonds. The summed E-state index contributed by atoms with van der Waals surface area (Å²) in [5.41, 5.74) is 2.78. The molecular weight excluding hydrogens is 889 g/mol. The van der Waals surface area contributed by atoms with Gasteiger partial charge in [0.05, 0.1) is 48.8 Å². The van der Waals surface area contributed by atoms with Crippen LogP contribution >= 0.6 is 79.7 Å². The highest BCUT2D eigenvalue weighted by Crippen LogP contribution is 2.37. The van der Waals surface area contributed by atoms with Gasteiger partial charge in [0.2, 0.25) is 0 Å². The van der Waals surface area contributed by atoms with Crippen LogP contribution in [-0.2, 0) is 16.1 Å². The lowest BCUT2D eigenvalue weighted by Crippen LogP contribution is -2.40. The molecule has 5 rings (SSSR count). The molecule has 0 saturated carbocycles. The van der Waals surface area contributed by atoms with Crippen LogP contribution in [0, 0.1) is 7.14 Å². The normalized spacial score (nSPS) is 14.6. The molecule has 0 spiro atoms. The summed E-state index contributed by atoms with van der Waals surface area (Å²) in [7, 11) is 1.55. The zero-order valence-electron chi connectivity index (χ0n) is 26.0. The molecule has 0 bridgehead atoms. The molecule has 1 aliphatic rings. The molecule has 4 aromatic rings. The van der Waals surface area contributed by atoms with Crippen LogP contribution in [0.2, 0.25) is 10.0 Å². The molecule has 0 unspecified atom stereocenters. The van der Waals surface area contributed by atoms with Gasteiger partial charge in [-0.05, 0) is 126 Å². The second-order valence-corrected chi connectivity index (χ2v) is 14.9. The molecule has 1 atom stereocenters. The Kier molecular flexibility index (Phi) is 11.6. The van der Waals surface area contributed by atoms with E-state index in [9.17, 15) is 9.59 Å². The summed E-state index contributed by atoms with van der Waals surface area (Å²) < 4.78 is 26.9. The monoisotopic (exact) mass is 918 g/mol. The Bertz CT molecular complexity index is 2050. The van der Waals surface area contributed by atoms with E-state index in [1.807, 2.05) is 44.2 Å². The lowest BCUT2D eigenvalue weighted by molar-refractivity contribution is -0.139. The van der Waals surface area contributed by atoms with Gasteiger partial charge in [-0.15, -0.1) is 0 Å². The minimum absolute atomic E-state index is 0.0709. The average molecular weight is 919 g/mol. The molecule has 246 valence electrons. The SMILES string of the molecule is CCOC(=O)C1=C(C)N=c2s/c(=C\c3cc(I)c(OCc4ccc(Cl)cc4Cl)c(I)c3)c(=O)n2[C@H]1c1ccc(OC(C)C)c(OC)c1. The molecule has 13 heteroatoms. The highest BCUT2D eigenvalue weighted by atomic mass is 127. The maximum Gasteiger partial charge on any atom is 0.338 e. The summed E-state index contributed by atoms with van der Waals surface area (Å²) in [5, 5.41) is 1.09. The molecule has 8 nitrogen and oxygen atoms in total. The number of methoxy groups -OCH3 is 1. The number of thiazole rings is 1. The van der Waals surface area contributed by atoms with E-state index in [1.54, 1.807) is 49.8 Å². The number of allylic oxidation sites excluding steroid dienone is 1. The lowest BCUT2D eigenvalue weighted by atomic mass is 9.95. The van der Waals surface area contributed by atoms with Crippen molar-refractivity contribution in [1.82, 2.24) is 4.57 Å². The Balaban J connectivity index is 1.57. The minimum atomic E-state index is -0.787. The minimum Gasteiger partial charge on any atom is -0.493 e. The van der Waals surface area contributed by atoms with Gasteiger partial charge in [-0.2, -0.15) is 0 Å². The quantitative estimate of drug-likeness (QED) is 0.120. The van der Waals surface area contributed by atoms with Crippen molar-refractivity contribution in [2.75, 3.05) is 13.7 Å². The van der Waals surface area contributed by atoms with E-state index >= 15 is 0 Å². The van der Waals surface area contributed by atoms with Gasteiger partial charge in [-0.1, -0.05) is 46.7 Å². The molecule has 3 aromatic carbocycles. The van der Waals surface area contributed by atoms with Gasteiger partial charge in [0.1, 0.15) is 12.4 Å². The Morgan fingerprint density at radius 3 is 2.45 bits per heavy atom. The fourth-order valence-corrected chi connectivity index (χ4v) is 8.69. The lowest BCUT2D eigenvalue weighted by Gasteiger charge is -2.25. The fourth-order valence-electron chi connectivity index (χ4n) is 5.05. The van der Waals surface area contributed by atoms with Gasteiger partial charge in [0.15, 0.2) is 16.3 Å². The molecule has 47 heavy (non-hydrogen) atoms. The first-order chi connectivity index (χ1) is 22.4. The van der Waals surface area contributed by atoms with Crippen molar-refractivity contribution in [3.63, 3.8) is 0 Å². The van der Waals surface area contributed by atoms with Crippen LogP contribution in [0.3, 0.4) is 0 Å². The number of hydrogen-bond donors (Lipinski definition) is 0. The summed E-state index contributed by atoms with van der Waals surface area (Å²) in [4.78, 5) is 32.6. The molecule has 2 heterocycles. The molecule has 0 radical (unpaired) electrons. The summed E-state index contributed by atoms with van der Waals surface area (Å²) in [6.07, 6.45) is 1.76. The summed E-state index contributed by atoms with van der Waals surface area (Å²) in [5.74, 6) is 1.23. The maximum atomic E-state index is 14.2. The number of carbonyl (C=O) groups excluding carboxylic acids is 1. The summed E-state index contributed by atoms with van der Waals surface area (Å²) in [6.45, 7) is 7.81. The third-order valence-corrected chi connectivity index (χ3v) is 10.3. The van der Waals surface area contributed by atoms with Crippen LogP contribution in [0.1, 0.15) is 50.4 Å². The second kappa shape index (κ2) is 15.3. The number of carbonyl (C=O) groups is 1. The third kappa shape index (κ3) is 7.85. The van der Waals surface area contributed by atoms with Crippen molar-refractivity contribution in [1.29, 1.82) is 0 Å². The Morgan fingerprint density at radius 1 is 1.09 bits per heavy atom. The predicted octanol–water partition coefficient (Wildman–Crippen LogP) is 7.69. The number of benzene rings is 3. The van der Waals surface area contributed by atoms with Gasteiger partial charge in [0.25, 0.3) is 5.56 Å². The molecule has 0 fully saturated rings. The zero-order chi connectivity index (χ0) is 34.0. The van der Waals surface area contributed by atoms with Crippen LogP contribution in [0.4, 0.5) is 0 Å². The number of rotatable bonds is 10. The third-order valence-electron chi connectivity index (χ3n) is 7.09. The number of halogens is 4. The molecule has 0 aliphatic carbocycles. The van der Waals surface area contributed by atoms with Crippen LogP contribution < -0.4 is 29.1 Å². The first kappa shape index (κ1) is 35.7. The van der Waals surface area contributed by atoms with E-state index in [4.69, 9.17) is 42.1 Å². The second-order valence-electron chi connectivity index (χ2n) is 10.7. The van der Waals surface area contributed by atoms with E-state index in [0.717, 1.165) is 18.3 Å². The number of ether oxygens (including phenoxy) is 4. The first-order valence-electron chi connectivity index (χ1n) is 14.5. The fraction of sp³-hybridized carbons (Fsp3) is 0.265. The maximum absolute atomic E-state index is 14.2. The summed E-state index contributed by atoms with van der Waals surface area (Å²) in [6, 6.07) is 13.8. The van der Waals surface area contributed by atoms with Crippen LogP contribution in [-0.4, -0.2) is 30.4 Å². The van der Waals surface area contributed by atoms with Crippen molar-refractivity contribution in [2.45, 2.75) is 46.4 Å². The smallest absolute Gasteiger partial charge is 0.338 e.